The van der Waals surface area contributed by atoms with Gasteiger partial charge in [-0.1, -0.05) is 0 Å². The lowest BCUT2D eigenvalue weighted by molar-refractivity contribution is -0.384. The van der Waals surface area contributed by atoms with Crippen LogP contribution >= 0.6 is 0 Å². The molecule has 1 aromatic carbocycles. The van der Waals surface area contributed by atoms with Crippen molar-refractivity contribution in [1.29, 1.82) is 0 Å². The fourth-order valence-electron chi connectivity index (χ4n) is 1.45. The molecular weight excluding hydrogens is 266 g/mol. The molecule has 0 aliphatic heterocycles. The summed E-state index contributed by atoms with van der Waals surface area (Å²) in [6, 6.07) is 5.09. The zero-order valence-electron chi connectivity index (χ0n) is 10.4. The van der Waals surface area contributed by atoms with Gasteiger partial charge in [0, 0.05) is 17.7 Å². The van der Waals surface area contributed by atoms with Crippen molar-refractivity contribution in [2.75, 3.05) is 0 Å². The van der Waals surface area contributed by atoms with Crippen LogP contribution in [-0.2, 0) is 9.59 Å². The lowest BCUT2D eigenvalue weighted by Gasteiger charge is -2.10. The van der Waals surface area contributed by atoms with E-state index in [0.717, 1.165) is 6.08 Å². The first kappa shape index (κ1) is 15.1. The normalized spacial score (nSPS) is 12.1. The molecule has 0 atom stereocenters. The number of carboxylic acids is 2. The number of nitro benzene ring substituents is 1. The molecule has 0 radical (unpaired) electrons. The predicted octanol–water partition coefficient (Wildman–Crippen LogP) is -0.576. The molecule has 0 saturated heterocycles. The number of carboxylic acid groups (broad SMARTS) is 2. The average Bonchev–Trinajstić information content (AvgIpc) is 2.35. The molecule has 20 heavy (non-hydrogen) atoms. The van der Waals surface area contributed by atoms with Crippen LogP contribution in [0.25, 0.3) is 6.08 Å². The molecule has 1 rings (SSSR count). The fourth-order valence-corrected chi connectivity index (χ4v) is 1.45. The Bertz CT molecular complexity index is 612. The van der Waals surface area contributed by atoms with Crippen LogP contribution in [0, 0.1) is 10.1 Å². The van der Waals surface area contributed by atoms with Crippen LogP contribution in [0.2, 0.25) is 0 Å². The van der Waals surface area contributed by atoms with E-state index >= 15 is 0 Å². The Balaban J connectivity index is 3.18. The van der Waals surface area contributed by atoms with Crippen molar-refractivity contribution in [3.63, 3.8) is 0 Å². The van der Waals surface area contributed by atoms with Crippen molar-refractivity contribution in [2.45, 2.75) is 6.92 Å². The Hall–Kier alpha value is -2.96. The van der Waals surface area contributed by atoms with Gasteiger partial charge < -0.3 is 19.8 Å². The van der Waals surface area contributed by atoms with Crippen molar-refractivity contribution < 1.29 is 24.7 Å². The van der Waals surface area contributed by atoms with E-state index in [9.17, 15) is 29.9 Å². The first-order valence-corrected chi connectivity index (χ1v) is 5.38. The average molecular weight is 275 g/mol. The zero-order valence-corrected chi connectivity index (χ0v) is 10.4. The van der Waals surface area contributed by atoms with Crippen molar-refractivity contribution in [3.05, 3.63) is 57.2 Å². The molecule has 0 bridgehead atoms. The summed E-state index contributed by atoms with van der Waals surface area (Å²) >= 11 is 0. The quantitative estimate of drug-likeness (QED) is 0.306. The first-order valence-electron chi connectivity index (χ1n) is 5.38. The van der Waals surface area contributed by atoms with Gasteiger partial charge in [-0.25, -0.2) is 0 Å². The van der Waals surface area contributed by atoms with Crippen LogP contribution in [-0.4, -0.2) is 16.9 Å². The van der Waals surface area contributed by atoms with Crippen LogP contribution in [0.15, 0.2) is 41.5 Å². The zero-order chi connectivity index (χ0) is 15.3. The van der Waals surface area contributed by atoms with Crippen molar-refractivity contribution in [1.82, 2.24) is 0 Å². The number of carbonyl (C=O) groups excluding carboxylic acids is 2. The minimum atomic E-state index is -1.56. The number of nitro groups is 1. The minimum absolute atomic E-state index is 0.0525. The molecule has 104 valence electrons. The number of hydrogen-bond acceptors (Lipinski definition) is 6. The fraction of sp³-hybridized carbons (Fsp3) is 0.0769. The standard InChI is InChI=1S/C13H11NO6/c1-8(6-12(15)16)11(13(17)18)7-9-2-4-10(5-3-9)14(19)20/h2-7H,1H3,(H,15,16)(H,17,18)/p-2/b8-6+,11-7-. The summed E-state index contributed by atoms with van der Waals surface area (Å²) in [4.78, 5) is 31.3. The van der Waals surface area contributed by atoms with E-state index in [2.05, 4.69) is 0 Å². The van der Waals surface area contributed by atoms with E-state index in [-0.39, 0.29) is 16.8 Å². The second kappa shape index (κ2) is 6.28. The third-order valence-electron chi connectivity index (χ3n) is 2.39. The number of benzene rings is 1. The maximum absolute atomic E-state index is 11.0. The molecule has 0 heterocycles. The summed E-state index contributed by atoms with van der Waals surface area (Å²) in [5.41, 5.74) is -0.175. The highest BCUT2D eigenvalue weighted by Gasteiger charge is 2.05. The van der Waals surface area contributed by atoms with E-state index in [1.807, 2.05) is 0 Å². The van der Waals surface area contributed by atoms with Gasteiger partial charge in [-0.15, -0.1) is 0 Å². The molecule has 0 aromatic heterocycles. The van der Waals surface area contributed by atoms with Crippen molar-refractivity contribution >= 4 is 23.7 Å². The summed E-state index contributed by atoms with van der Waals surface area (Å²) in [6.07, 6.45) is 1.79. The summed E-state index contributed by atoms with van der Waals surface area (Å²) in [6.45, 7) is 1.28. The summed E-state index contributed by atoms with van der Waals surface area (Å²) < 4.78 is 0. The van der Waals surface area contributed by atoms with Gasteiger partial charge in [-0.3, -0.25) is 10.1 Å². The van der Waals surface area contributed by atoms with E-state index in [0.29, 0.717) is 11.6 Å². The molecule has 7 heteroatoms. The number of aliphatic carboxylic acids is 2. The van der Waals surface area contributed by atoms with Gasteiger partial charge in [0.05, 0.1) is 16.9 Å². The van der Waals surface area contributed by atoms with Gasteiger partial charge >= 0.3 is 0 Å². The highest BCUT2D eigenvalue weighted by atomic mass is 16.6. The van der Waals surface area contributed by atoms with E-state index in [4.69, 9.17) is 0 Å². The highest BCUT2D eigenvalue weighted by molar-refractivity contribution is 5.97. The summed E-state index contributed by atoms with van der Waals surface area (Å²) in [7, 11) is 0. The second-order valence-electron chi connectivity index (χ2n) is 3.84. The van der Waals surface area contributed by atoms with Crippen LogP contribution in [0.5, 0.6) is 0 Å². The number of hydrogen-bond donors (Lipinski definition) is 0. The Morgan fingerprint density at radius 1 is 1.15 bits per heavy atom. The molecule has 0 aliphatic rings. The van der Waals surface area contributed by atoms with Gasteiger partial charge in [-0.2, -0.15) is 0 Å². The van der Waals surface area contributed by atoms with Gasteiger partial charge in [0.15, 0.2) is 0 Å². The molecule has 1 aromatic rings. The van der Waals surface area contributed by atoms with Crippen LogP contribution < -0.4 is 10.2 Å². The third-order valence-corrected chi connectivity index (χ3v) is 2.39. The highest BCUT2D eigenvalue weighted by Crippen LogP contribution is 2.17. The first-order chi connectivity index (χ1) is 9.31. The molecule has 0 fully saturated rings. The second-order valence-corrected chi connectivity index (χ2v) is 3.84. The number of carbonyl (C=O) groups is 2. The SMILES string of the molecule is CC(=C\C(=O)[O-])/C(=C/c1ccc([N+](=O)[O-])cc1)C(=O)[O-]. The van der Waals surface area contributed by atoms with E-state index in [1.54, 1.807) is 0 Å². The van der Waals surface area contributed by atoms with Gasteiger partial charge in [0.2, 0.25) is 0 Å². The molecule has 0 N–H and O–H groups in total. The Kier molecular flexibility index (Phi) is 4.74. The van der Waals surface area contributed by atoms with E-state index in [1.165, 1.54) is 31.2 Å². The van der Waals surface area contributed by atoms with Crippen molar-refractivity contribution in [2.24, 2.45) is 0 Å². The van der Waals surface area contributed by atoms with Gasteiger partial charge in [0.1, 0.15) is 0 Å². The van der Waals surface area contributed by atoms with Crippen LogP contribution in [0.4, 0.5) is 5.69 Å². The molecule has 7 nitrogen and oxygen atoms in total. The smallest absolute Gasteiger partial charge is 0.269 e. The maximum atomic E-state index is 11.0. The lowest BCUT2D eigenvalue weighted by atomic mass is 10.0. The molecule has 0 saturated carbocycles. The summed E-state index contributed by atoms with van der Waals surface area (Å²) in [5.74, 6) is -3.09. The van der Waals surface area contributed by atoms with E-state index < -0.39 is 16.9 Å². The third kappa shape index (κ3) is 4.05. The molecule has 0 aliphatic carbocycles. The lowest BCUT2D eigenvalue weighted by Crippen LogP contribution is -2.26. The van der Waals surface area contributed by atoms with Gasteiger partial charge in [0.25, 0.3) is 5.69 Å². The maximum Gasteiger partial charge on any atom is 0.269 e. The molecule has 0 unspecified atom stereocenters. The molecule has 0 amide bonds. The Labute approximate surface area is 113 Å². The number of non-ortho nitro benzene ring substituents is 1. The van der Waals surface area contributed by atoms with Crippen molar-refractivity contribution in [3.8, 4) is 0 Å². The Morgan fingerprint density at radius 3 is 2.10 bits per heavy atom. The topological polar surface area (TPSA) is 123 Å². The van der Waals surface area contributed by atoms with Gasteiger partial charge in [-0.05, 0) is 42.3 Å². The van der Waals surface area contributed by atoms with Crippen LogP contribution in [0.1, 0.15) is 12.5 Å². The number of nitrogens with zero attached hydrogens (tertiary/aromatic N) is 1. The largest absolute Gasteiger partial charge is 0.545 e. The van der Waals surface area contributed by atoms with Crippen LogP contribution in [0.3, 0.4) is 0 Å². The monoisotopic (exact) mass is 275 g/mol. The Morgan fingerprint density at radius 2 is 1.70 bits per heavy atom. The minimum Gasteiger partial charge on any atom is -0.545 e. The molecular formula is C13H9NO6-2. The number of rotatable bonds is 5. The summed E-state index contributed by atoms with van der Waals surface area (Å²) in [5, 5.41) is 31.8. The molecule has 0 spiro atoms. The predicted molar refractivity (Wildman–Crippen MR) is 64.8 cm³/mol.